The van der Waals surface area contributed by atoms with Crippen molar-refractivity contribution < 1.29 is 23.9 Å². The van der Waals surface area contributed by atoms with E-state index < -0.39 is 17.9 Å². The quantitative estimate of drug-likeness (QED) is 0.665. The Morgan fingerprint density at radius 2 is 2.05 bits per heavy atom. The molecule has 0 aliphatic heterocycles. The summed E-state index contributed by atoms with van der Waals surface area (Å²) in [6.45, 7) is 3.13. The molecule has 0 aliphatic carbocycles. The molecular weight excluding hydrogens is 288 g/mol. The number of nitrogens with two attached hydrogens (primary N) is 1. The van der Waals surface area contributed by atoms with Crippen LogP contribution in [-0.4, -0.2) is 37.0 Å². The monoisotopic (exact) mass is 308 g/mol. The minimum absolute atomic E-state index is 0.192. The highest BCUT2D eigenvalue weighted by molar-refractivity contribution is 5.85. The van der Waals surface area contributed by atoms with Gasteiger partial charge in [-0.1, -0.05) is 12.1 Å². The zero-order valence-electron chi connectivity index (χ0n) is 12.6. The molecule has 2 amide bonds. The van der Waals surface area contributed by atoms with Crippen LogP contribution in [0.5, 0.6) is 5.75 Å². The molecule has 120 valence electrons. The second kappa shape index (κ2) is 8.66. The lowest BCUT2D eigenvalue weighted by Crippen LogP contribution is -2.44. The predicted molar refractivity (Wildman–Crippen MR) is 79.1 cm³/mol. The topological polar surface area (TPSA) is 108 Å². The molecule has 7 heteroatoms. The van der Waals surface area contributed by atoms with Crippen LogP contribution in [0.2, 0.25) is 0 Å². The Bertz CT molecular complexity index is 544. The number of amides is 2. The van der Waals surface area contributed by atoms with Crippen LogP contribution < -0.4 is 15.8 Å². The van der Waals surface area contributed by atoms with Crippen LogP contribution >= 0.6 is 0 Å². The Kier molecular flexibility index (Phi) is 6.88. The highest BCUT2D eigenvalue weighted by Gasteiger charge is 2.17. The molecule has 0 aromatic heterocycles. The lowest BCUT2D eigenvalue weighted by Gasteiger charge is -2.15. The smallest absolute Gasteiger partial charge is 0.344 e. The van der Waals surface area contributed by atoms with Gasteiger partial charge in [0.15, 0.2) is 6.61 Å². The van der Waals surface area contributed by atoms with Gasteiger partial charge in [-0.25, -0.2) is 4.79 Å². The Morgan fingerprint density at radius 1 is 1.32 bits per heavy atom. The molecule has 0 saturated heterocycles. The number of ether oxygens (including phenoxy) is 2. The molecule has 0 radical (unpaired) electrons. The van der Waals surface area contributed by atoms with Gasteiger partial charge in [-0.3, -0.25) is 9.59 Å². The molecule has 0 bridgehead atoms. The number of rotatable bonds is 8. The predicted octanol–water partition coefficient (Wildman–Crippen LogP) is 0.161. The van der Waals surface area contributed by atoms with Gasteiger partial charge in [0.1, 0.15) is 11.8 Å². The van der Waals surface area contributed by atoms with Gasteiger partial charge in [0.2, 0.25) is 11.8 Å². The van der Waals surface area contributed by atoms with Gasteiger partial charge in [-0.05, 0) is 24.6 Å². The van der Waals surface area contributed by atoms with E-state index in [1.165, 1.54) is 6.92 Å². The molecule has 22 heavy (non-hydrogen) atoms. The first-order valence-corrected chi connectivity index (χ1v) is 6.86. The summed E-state index contributed by atoms with van der Waals surface area (Å²) in [5.41, 5.74) is 6.01. The second-order valence-corrected chi connectivity index (χ2v) is 4.60. The third-order valence-corrected chi connectivity index (χ3v) is 2.72. The fourth-order valence-electron chi connectivity index (χ4n) is 1.81. The Hall–Kier alpha value is -2.57. The molecule has 1 rings (SSSR count). The molecule has 1 atom stereocenters. The standard InChI is InChI=1S/C15H20N2O5/c1-3-21-14(19)9-22-12-6-4-5-11(7-12)8-13(15(16)20)17-10(2)18/h4-7,13H,3,8-9H2,1-2H3,(H2,16,20)(H,17,18). The van der Waals surface area contributed by atoms with Crippen molar-refractivity contribution >= 4 is 17.8 Å². The first-order valence-electron chi connectivity index (χ1n) is 6.86. The van der Waals surface area contributed by atoms with Crippen LogP contribution in [0.15, 0.2) is 24.3 Å². The molecule has 1 aromatic carbocycles. The highest BCUT2D eigenvalue weighted by Crippen LogP contribution is 2.15. The summed E-state index contributed by atoms with van der Waals surface area (Å²) >= 11 is 0. The third kappa shape index (κ3) is 6.25. The van der Waals surface area contributed by atoms with Gasteiger partial charge < -0.3 is 20.5 Å². The summed E-state index contributed by atoms with van der Waals surface area (Å²) in [7, 11) is 0. The number of carbonyl (C=O) groups is 3. The molecule has 7 nitrogen and oxygen atoms in total. The number of hydrogen-bond donors (Lipinski definition) is 2. The van der Waals surface area contributed by atoms with E-state index >= 15 is 0 Å². The van der Waals surface area contributed by atoms with E-state index in [9.17, 15) is 14.4 Å². The number of benzene rings is 1. The fraction of sp³-hybridized carbons (Fsp3) is 0.400. The van der Waals surface area contributed by atoms with E-state index in [4.69, 9.17) is 15.2 Å². The summed E-state index contributed by atoms with van der Waals surface area (Å²) in [6.07, 6.45) is 0.242. The van der Waals surface area contributed by atoms with Gasteiger partial charge in [-0.2, -0.15) is 0 Å². The average molecular weight is 308 g/mol. The molecule has 0 saturated carbocycles. The fourth-order valence-corrected chi connectivity index (χ4v) is 1.81. The zero-order valence-corrected chi connectivity index (χ0v) is 12.6. The SMILES string of the molecule is CCOC(=O)COc1cccc(CC(NC(C)=O)C(N)=O)c1. The lowest BCUT2D eigenvalue weighted by atomic mass is 10.1. The van der Waals surface area contributed by atoms with Gasteiger partial charge in [0, 0.05) is 13.3 Å². The maximum Gasteiger partial charge on any atom is 0.344 e. The summed E-state index contributed by atoms with van der Waals surface area (Å²) < 4.78 is 10.1. The maximum atomic E-state index is 11.3. The minimum atomic E-state index is -0.794. The number of primary amides is 1. The van der Waals surface area contributed by atoms with Crippen LogP contribution in [0.4, 0.5) is 0 Å². The van der Waals surface area contributed by atoms with E-state index in [2.05, 4.69) is 5.32 Å². The van der Waals surface area contributed by atoms with Gasteiger partial charge in [0.25, 0.3) is 0 Å². The second-order valence-electron chi connectivity index (χ2n) is 4.60. The Morgan fingerprint density at radius 3 is 2.64 bits per heavy atom. The van der Waals surface area contributed by atoms with Crippen molar-refractivity contribution in [3.63, 3.8) is 0 Å². The van der Waals surface area contributed by atoms with Crippen molar-refractivity contribution in [2.75, 3.05) is 13.2 Å². The van der Waals surface area contributed by atoms with Crippen LogP contribution in [0.1, 0.15) is 19.4 Å². The van der Waals surface area contributed by atoms with Crippen molar-refractivity contribution in [1.29, 1.82) is 0 Å². The molecule has 1 unspecified atom stereocenters. The summed E-state index contributed by atoms with van der Waals surface area (Å²) in [5.74, 6) is -0.940. The van der Waals surface area contributed by atoms with Gasteiger partial charge >= 0.3 is 5.97 Å². The largest absolute Gasteiger partial charge is 0.482 e. The normalized spacial score (nSPS) is 11.4. The molecule has 3 N–H and O–H groups in total. The summed E-state index contributed by atoms with van der Waals surface area (Å²) in [5, 5.41) is 2.49. The van der Waals surface area contributed by atoms with Gasteiger partial charge in [0.05, 0.1) is 6.61 Å². The number of hydrogen-bond acceptors (Lipinski definition) is 5. The maximum absolute atomic E-state index is 11.3. The number of carbonyl (C=O) groups excluding carboxylic acids is 3. The van der Waals surface area contributed by atoms with Gasteiger partial charge in [-0.15, -0.1) is 0 Å². The molecule has 1 aromatic rings. The van der Waals surface area contributed by atoms with E-state index in [0.717, 1.165) is 5.56 Å². The molecule has 0 heterocycles. The van der Waals surface area contributed by atoms with E-state index in [1.807, 2.05) is 0 Å². The average Bonchev–Trinajstić information content (AvgIpc) is 2.44. The van der Waals surface area contributed by atoms with E-state index in [1.54, 1.807) is 31.2 Å². The molecule has 0 aliphatic rings. The van der Waals surface area contributed by atoms with Crippen molar-refractivity contribution in [2.45, 2.75) is 26.3 Å². The zero-order chi connectivity index (χ0) is 16.5. The van der Waals surface area contributed by atoms with Crippen LogP contribution in [-0.2, 0) is 25.5 Å². The highest BCUT2D eigenvalue weighted by atomic mass is 16.6. The van der Waals surface area contributed by atoms with Crippen molar-refractivity contribution in [3.8, 4) is 5.75 Å². The lowest BCUT2D eigenvalue weighted by molar-refractivity contribution is -0.145. The summed E-state index contributed by atoms with van der Waals surface area (Å²) in [4.78, 5) is 33.6. The minimum Gasteiger partial charge on any atom is -0.482 e. The van der Waals surface area contributed by atoms with Crippen LogP contribution in [0.3, 0.4) is 0 Å². The van der Waals surface area contributed by atoms with Crippen molar-refractivity contribution in [3.05, 3.63) is 29.8 Å². The third-order valence-electron chi connectivity index (χ3n) is 2.72. The van der Waals surface area contributed by atoms with Crippen LogP contribution in [0.25, 0.3) is 0 Å². The molecule has 0 spiro atoms. The van der Waals surface area contributed by atoms with Crippen LogP contribution in [0, 0.1) is 0 Å². The van der Waals surface area contributed by atoms with E-state index in [-0.39, 0.29) is 18.9 Å². The first-order chi connectivity index (χ1) is 10.4. The Balaban J connectivity index is 2.68. The Labute approximate surface area is 128 Å². The number of nitrogens with one attached hydrogen (secondary N) is 1. The van der Waals surface area contributed by atoms with Crippen molar-refractivity contribution in [2.24, 2.45) is 5.73 Å². The molecular formula is C15H20N2O5. The first kappa shape index (κ1) is 17.5. The summed E-state index contributed by atoms with van der Waals surface area (Å²) in [6, 6.07) is 6.06. The number of esters is 1. The van der Waals surface area contributed by atoms with Crippen molar-refractivity contribution in [1.82, 2.24) is 5.32 Å². The molecule has 0 fully saturated rings. The van der Waals surface area contributed by atoms with E-state index in [0.29, 0.717) is 12.4 Å².